The lowest BCUT2D eigenvalue weighted by Crippen LogP contribution is -2.21. The van der Waals surface area contributed by atoms with E-state index in [1.165, 1.54) is 32.8 Å². The molecule has 2 rings (SSSR count). The molecule has 1 fully saturated rings. The number of carbonyl (C=O) groups is 2. The van der Waals surface area contributed by atoms with E-state index in [1.54, 1.807) is 25.3 Å². The Hall–Kier alpha value is -2.24. The largest absolute Gasteiger partial charge is 0.497 e. The number of rotatable bonds is 8. The summed E-state index contributed by atoms with van der Waals surface area (Å²) < 4.78 is 15.3. The number of benzene rings is 1. The van der Waals surface area contributed by atoms with Crippen molar-refractivity contribution in [2.75, 3.05) is 26.1 Å². The average Bonchev–Trinajstić information content (AvgIpc) is 3.12. The molecule has 1 aliphatic carbocycles. The summed E-state index contributed by atoms with van der Waals surface area (Å²) in [6, 6.07) is 5.06. The molecule has 1 N–H and O–H groups in total. The zero-order valence-corrected chi connectivity index (χ0v) is 14.3. The first kappa shape index (κ1) is 18.1. The molecule has 0 atom stereocenters. The first-order valence-corrected chi connectivity index (χ1v) is 8.30. The van der Waals surface area contributed by atoms with Gasteiger partial charge in [0.05, 0.1) is 19.9 Å². The summed E-state index contributed by atoms with van der Waals surface area (Å²) >= 11 is 0. The van der Waals surface area contributed by atoms with Gasteiger partial charge in [0.25, 0.3) is 5.91 Å². The van der Waals surface area contributed by atoms with Crippen molar-refractivity contribution in [3.8, 4) is 11.5 Å². The zero-order valence-electron chi connectivity index (χ0n) is 14.3. The maximum Gasteiger partial charge on any atom is 0.306 e. The summed E-state index contributed by atoms with van der Waals surface area (Å²) in [7, 11) is 3.06. The van der Waals surface area contributed by atoms with Crippen molar-refractivity contribution >= 4 is 17.6 Å². The van der Waals surface area contributed by atoms with Crippen LogP contribution in [-0.2, 0) is 14.3 Å². The zero-order chi connectivity index (χ0) is 17.4. The lowest BCUT2D eigenvalue weighted by atomic mass is 10.0. The molecule has 1 amide bonds. The third-order valence-electron chi connectivity index (χ3n) is 4.28. The SMILES string of the molecule is COc1ccc(NC(=O)COC(=O)CCC2CCCC2)c(OC)c1. The lowest BCUT2D eigenvalue weighted by molar-refractivity contribution is -0.147. The second-order valence-electron chi connectivity index (χ2n) is 5.96. The molecule has 1 aromatic carbocycles. The van der Waals surface area contributed by atoms with Crippen LogP contribution in [0.1, 0.15) is 38.5 Å². The van der Waals surface area contributed by atoms with Gasteiger partial charge in [0, 0.05) is 12.5 Å². The third kappa shape index (κ3) is 5.44. The molecule has 132 valence electrons. The van der Waals surface area contributed by atoms with Crippen LogP contribution in [0.25, 0.3) is 0 Å². The highest BCUT2D eigenvalue weighted by atomic mass is 16.5. The van der Waals surface area contributed by atoms with Crippen LogP contribution >= 0.6 is 0 Å². The Morgan fingerprint density at radius 3 is 2.58 bits per heavy atom. The van der Waals surface area contributed by atoms with Crippen LogP contribution in [0.2, 0.25) is 0 Å². The molecule has 1 aromatic rings. The van der Waals surface area contributed by atoms with Crippen molar-refractivity contribution < 1.29 is 23.8 Å². The monoisotopic (exact) mass is 335 g/mol. The highest BCUT2D eigenvalue weighted by Gasteiger charge is 2.17. The minimum Gasteiger partial charge on any atom is -0.497 e. The van der Waals surface area contributed by atoms with E-state index < -0.39 is 5.91 Å². The number of anilines is 1. The Morgan fingerprint density at radius 1 is 1.17 bits per heavy atom. The van der Waals surface area contributed by atoms with Gasteiger partial charge in [-0.25, -0.2) is 0 Å². The van der Waals surface area contributed by atoms with E-state index in [0.717, 1.165) is 6.42 Å². The fraction of sp³-hybridized carbons (Fsp3) is 0.556. The topological polar surface area (TPSA) is 73.9 Å². The smallest absolute Gasteiger partial charge is 0.306 e. The van der Waals surface area contributed by atoms with Crippen molar-refractivity contribution in [1.29, 1.82) is 0 Å². The average molecular weight is 335 g/mol. The second-order valence-corrected chi connectivity index (χ2v) is 5.96. The predicted molar refractivity (Wildman–Crippen MR) is 90.3 cm³/mol. The summed E-state index contributed by atoms with van der Waals surface area (Å²) in [6.45, 7) is -0.293. The Morgan fingerprint density at radius 2 is 1.92 bits per heavy atom. The van der Waals surface area contributed by atoms with Crippen molar-refractivity contribution in [3.63, 3.8) is 0 Å². The first-order valence-electron chi connectivity index (χ1n) is 8.30. The van der Waals surface area contributed by atoms with Gasteiger partial charge in [-0.1, -0.05) is 25.7 Å². The first-order chi connectivity index (χ1) is 11.6. The number of esters is 1. The molecule has 0 radical (unpaired) electrons. The van der Waals surface area contributed by atoms with Gasteiger partial charge in [0.1, 0.15) is 11.5 Å². The molecular weight excluding hydrogens is 310 g/mol. The number of amides is 1. The Kier molecular flexibility index (Phi) is 6.90. The summed E-state index contributed by atoms with van der Waals surface area (Å²) in [5, 5.41) is 2.67. The van der Waals surface area contributed by atoms with Crippen LogP contribution in [-0.4, -0.2) is 32.7 Å². The Labute approximate surface area is 142 Å². The van der Waals surface area contributed by atoms with Gasteiger partial charge >= 0.3 is 5.97 Å². The molecule has 24 heavy (non-hydrogen) atoms. The standard InChI is InChI=1S/C18H25NO5/c1-22-14-8-9-15(16(11-14)23-2)19-17(20)12-24-18(21)10-7-13-5-3-4-6-13/h8-9,11,13H,3-7,10,12H2,1-2H3,(H,19,20). The summed E-state index contributed by atoms with van der Waals surface area (Å²) in [6.07, 6.45) is 6.14. The highest BCUT2D eigenvalue weighted by Crippen LogP contribution is 2.29. The molecule has 0 heterocycles. The Bertz CT molecular complexity index is 567. The van der Waals surface area contributed by atoms with Crippen LogP contribution in [0, 0.1) is 5.92 Å². The fourth-order valence-electron chi connectivity index (χ4n) is 2.93. The van der Waals surface area contributed by atoms with Crippen molar-refractivity contribution in [2.24, 2.45) is 5.92 Å². The van der Waals surface area contributed by atoms with E-state index in [4.69, 9.17) is 14.2 Å². The number of methoxy groups -OCH3 is 2. The summed E-state index contributed by atoms with van der Waals surface area (Å²) in [5.41, 5.74) is 0.505. The molecular formula is C18H25NO5. The second kappa shape index (κ2) is 9.15. The lowest BCUT2D eigenvalue weighted by Gasteiger charge is -2.12. The highest BCUT2D eigenvalue weighted by molar-refractivity contribution is 5.94. The van der Waals surface area contributed by atoms with E-state index in [9.17, 15) is 9.59 Å². The maximum absolute atomic E-state index is 11.9. The van der Waals surface area contributed by atoms with Crippen LogP contribution in [0.3, 0.4) is 0 Å². The van der Waals surface area contributed by atoms with E-state index in [1.807, 2.05) is 0 Å². The van der Waals surface area contributed by atoms with E-state index in [-0.39, 0.29) is 12.6 Å². The quantitative estimate of drug-likeness (QED) is 0.739. The molecule has 0 saturated heterocycles. The van der Waals surface area contributed by atoms with Gasteiger partial charge in [-0.15, -0.1) is 0 Å². The van der Waals surface area contributed by atoms with Gasteiger partial charge in [-0.3, -0.25) is 9.59 Å². The molecule has 0 spiro atoms. The van der Waals surface area contributed by atoms with E-state index >= 15 is 0 Å². The number of hydrogen-bond donors (Lipinski definition) is 1. The van der Waals surface area contributed by atoms with Crippen molar-refractivity contribution in [3.05, 3.63) is 18.2 Å². The molecule has 1 saturated carbocycles. The minimum absolute atomic E-state index is 0.293. The molecule has 0 unspecified atom stereocenters. The normalized spacial score (nSPS) is 14.2. The van der Waals surface area contributed by atoms with Gasteiger partial charge < -0.3 is 19.5 Å². The van der Waals surface area contributed by atoms with Crippen LogP contribution < -0.4 is 14.8 Å². The van der Waals surface area contributed by atoms with E-state index in [2.05, 4.69) is 5.32 Å². The fourth-order valence-corrected chi connectivity index (χ4v) is 2.93. The summed E-state index contributed by atoms with van der Waals surface area (Å²) in [5.74, 6) is 1.03. The van der Waals surface area contributed by atoms with E-state index in [0.29, 0.717) is 29.5 Å². The molecule has 6 heteroatoms. The van der Waals surface area contributed by atoms with Gasteiger partial charge in [0.2, 0.25) is 0 Å². The molecule has 0 bridgehead atoms. The molecule has 0 aromatic heterocycles. The van der Waals surface area contributed by atoms with Gasteiger partial charge in [-0.2, -0.15) is 0 Å². The minimum atomic E-state index is -0.396. The molecule has 0 aliphatic heterocycles. The number of hydrogen-bond acceptors (Lipinski definition) is 5. The van der Waals surface area contributed by atoms with Crippen molar-refractivity contribution in [2.45, 2.75) is 38.5 Å². The summed E-state index contributed by atoms with van der Waals surface area (Å²) in [4.78, 5) is 23.6. The maximum atomic E-state index is 11.9. The predicted octanol–water partition coefficient (Wildman–Crippen LogP) is 3.16. The van der Waals surface area contributed by atoms with Crippen LogP contribution in [0.4, 0.5) is 5.69 Å². The van der Waals surface area contributed by atoms with Gasteiger partial charge in [0.15, 0.2) is 6.61 Å². The third-order valence-corrected chi connectivity index (χ3v) is 4.28. The number of ether oxygens (including phenoxy) is 3. The Balaban J connectivity index is 1.75. The number of nitrogens with one attached hydrogen (secondary N) is 1. The van der Waals surface area contributed by atoms with Crippen LogP contribution in [0.5, 0.6) is 11.5 Å². The van der Waals surface area contributed by atoms with Crippen LogP contribution in [0.15, 0.2) is 18.2 Å². The number of carbonyl (C=O) groups excluding carboxylic acids is 2. The molecule has 6 nitrogen and oxygen atoms in total. The van der Waals surface area contributed by atoms with Gasteiger partial charge in [-0.05, 0) is 24.5 Å². The van der Waals surface area contributed by atoms with Crippen molar-refractivity contribution in [1.82, 2.24) is 0 Å². The molecule has 1 aliphatic rings.